The molecule has 3 heterocycles. The number of carbonyl (C=O) groups excluding carboxylic acids is 1. The SMILES string of the molecule is CN(C)C(=O)N1CCCn2c(nc(Cn3ccnc3)cc2=O)C1. The number of hydrogen-bond acceptors (Lipinski definition) is 4. The van der Waals surface area contributed by atoms with Gasteiger partial charge in [0.1, 0.15) is 5.82 Å². The van der Waals surface area contributed by atoms with Crippen molar-refractivity contribution >= 4 is 6.03 Å². The molecule has 0 aliphatic carbocycles. The fraction of sp³-hybridized carbons (Fsp3) is 0.467. The largest absolute Gasteiger partial charge is 0.331 e. The number of amides is 2. The first-order chi connectivity index (χ1) is 11.0. The second kappa shape index (κ2) is 6.23. The van der Waals surface area contributed by atoms with E-state index < -0.39 is 0 Å². The summed E-state index contributed by atoms with van der Waals surface area (Å²) in [6, 6.07) is 1.50. The second-order valence-electron chi connectivity index (χ2n) is 5.84. The van der Waals surface area contributed by atoms with Crippen molar-refractivity contribution < 1.29 is 4.79 Å². The van der Waals surface area contributed by atoms with Crippen LogP contribution in [0.2, 0.25) is 0 Å². The molecule has 3 rings (SSSR count). The van der Waals surface area contributed by atoms with Gasteiger partial charge in [-0.2, -0.15) is 0 Å². The third-order valence-corrected chi connectivity index (χ3v) is 3.84. The van der Waals surface area contributed by atoms with E-state index in [0.29, 0.717) is 37.7 Å². The standard InChI is InChI=1S/C15H20N6O2/c1-18(2)15(23)20-5-3-6-21-13(10-20)17-12(8-14(21)22)9-19-7-4-16-11-19/h4,7-8,11H,3,5-6,9-10H2,1-2H3. The third kappa shape index (κ3) is 3.25. The monoisotopic (exact) mass is 316 g/mol. The molecule has 23 heavy (non-hydrogen) atoms. The minimum Gasteiger partial charge on any atom is -0.331 e. The summed E-state index contributed by atoms with van der Waals surface area (Å²) in [5, 5.41) is 0. The fourth-order valence-corrected chi connectivity index (χ4v) is 2.73. The van der Waals surface area contributed by atoms with Crippen LogP contribution in [0.25, 0.3) is 0 Å². The molecule has 0 saturated carbocycles. The van der Waals surface area contributed by atoms with Crippen LogP contribution in [0.3, 0.4) is 0 Å². The summed E-state index contributed by atoms with van der Waals surface area (Å²) in [4.78, 5) is 36.4. The first-order valence-corrected chi connectivity index (χ1v) is 7.56. The Morgan fingerprint density at radius 2 is 2.17 bits per heavy atom. The highest BCUT2D eigenvalue weighted by molar-refractivity contribution is 5.73. The summed E-state index contributed by atoms with van der Waals surface area (Å²) in [5.41, 5.74) is 0.614. The molecule has 2 aromatic heterocycles. The van der Waals surface area contributed by atoms with Crippen LogP contribution in [-0.2, 0) is 19.6 Å². The Labute approximate surface area is 134 Å². The summed E-state index contributed by atoms with van der Waals surface area (Å²) < 4.78 is 3.53. The van der Waals surface area contributed by atoms with Crippen molar-refractivity contribution in [1.29, 1.82) is 0 Å². The minimum absolute atomic E-state index is 0.0623. The first-order valence-electron chi connectivity index (χ1n) is 7.56. The summed E-state index contributed by atoms with van der Waals surface area (Å²) in [7, 11) is 3.45. The molecule has 2 aromatic rings. The predicted molar refractivity (Wildman–Crippen MR) is 83.9 cm³/mol. The number of nitrogens with zero attached hydrogens (tertiary/aromatic N) is 6. The zero-order valence-corrected chi connectivity index (χ0v) is 13.3. The number of aromatic nitrogens is 4. The summed E-state index contributed by atoms with van der Waals surface area (Å²) >= 11 is 0. The minimum atomic E-state index is -0.0655. The van der Waals surface area contributed by atoms with Crippen molar-refractivity contribution in [3.8, 4) is 0 Å². The van der Waals surface area contributed by atoms with Gasteiger partial charge in [0.25, 0.3) is 5.56 Å². The van der Waals surface area contributed by atoms with Gasteiger partial charge in [-0.25, -0.2) is 14.8 Å². The zero-order chi connectivity index (χ0) is 16.4. The van der Waals surface area contributed by atoms with Crippen LogP contribution < -0.4 is 5.56 Å². The molecule has 1 aliphatic heterocycles. The average Bonchev–Trinajstić information content (AvgIpc) is 2.91. The van der Waals surface area contributed by atoms with Crippen LogP contribution in [-0.4, -0.2) is 55.6 Å². The van der Waals surface area contributed by atoms with Crippen molar-refractivity contribution in [3.05, 3.63) is 46.7 Å². The number of hydrogen-bond donors (Lipinski definition) is 0. The van der Waals surface area contributed by atoms with Crippen molar-refractivity contribution in [3.63, 3.8) is 0 Å². The maximum absolute atomic E-state index is 12.4. The van der Waals surface area contributed by atoms with E-state index in [1.807, 2.05) is 10.8 Å². The molecular weight excluding hydrogens is 296 g/mol. The first kappa shape index (κ1) is 15.3. The lowest BCUT2D eigenvalue weighted by Gasteiger charge is -2.24. The van der Waals surface area contributed by atoms with Crippen LogP contribution in [0.1, 0.15) is 17.9 Å². The maximum atomic E-state index is 12.4. The lowest BCUT2D eigenvalue weighted by molar-refractivity contribution is 0.168. The van der Waals surface area contributed by atoms with Crippen molar-refractivity contribution in [2.24, 2.45) is 0 Å². The van der Waals surface area contributed by atoms with Gasteiger partial charge in [-0.15, -0.1) is 0 Å². The van der Waals surface area contributed by atoms with Crippen LogP contribution in [0.5, 0.6) is 0 Å². The highest BCUT2D eigenvalue weighted by Gasteiger charge is 2.22. The number of urea groups is 1. The molecule has 1 aliphatic rings. The van der Waals surface area contributed by atoms with E-state index in [1.165, 1.54) is 0 Å². The van der Waals surface area contributed by atoms with Crippen molar-refractivity contribution in [1.82, 2.24) is 28.9 Å². The molecule has 0 atom stereocenters. The summed E-state index contributed by atoms with van der Waals surface area (Å²) in [5.74, 6) is 0.639. The Hall–Kier alpha value is -2.64. The Bertz CT molecular complexity index is 750. The van der Waals surface area contributed by atoms with Crippen molar-refractivity contribution in [2.45, 2.75) is 26.1 Å². The number of carbonyl (C=O) groups is 1. The lowest BCUT2D eigenvalue weighted by Crippen LogP contribution is -2.39. The van der Waals surface area contributed by atoms with Gasteiger partial charge in [-0.05, 0) is 6.42 Å². The normalized spacial score (nSPS) is 14.3. The summed E-state index contributed by atoms with van der Waals surface area (Å²) in [6.45, 7) is 2.05. The van der Waals surface area contributed by atoms with E-state index in [9.17, 15) is 9.59 Å². The van der Waals surface area contributed by atoms with Crippen molar-refractivity contribution in [2.75, 3.05) is 20.6 Å². The molecule has 0 unspecified atom stereocenters. The molecule has 0 fully saturated rings. The molecule has 2 amide bonds. The topological polar surface area (TPSA) is 76.3 Å². The van der Waals surface area contributed by atoms with E-state index in [-0.39, 0.29) is 11.6 Å². The van der Waals surface area contributed by atoms with Gasteiger partial charge in [-0.1, -0.05) is 0 Å². The van der Waals surface area contributed by atoms with Gasteiger partial charge < -0.3 is 14.4 Å². The quantitative estimate of drug-likeness (QED) is 0.802. The van der Waals surface area contributed by atoms with E-state index in [1.54, 1.807) is 47.1 Å². The summed E-state index contributed by atoms with van der Waals surface area (Å²) in [6.07, 6.45) is 5.95. The molecular formula is C15H20N6O2. The Balaban J connectivity index is 1.91. The highest BCUT2D eigenvalue weighted by atomic mass is 16.2. The molecule has 0 saturated heterocycles. The van der Waals surface area contributed by atoms with Crippen LogP contribution in [0.4, 0.5) is 4.79 Å². The maximum Gasteiger partial charge on any atom is 0.319 e. The fourth-order valence-electron chi connectivity index (χ4n) is 2.73. The van der Waals surface area contributed by atoms with Gasteiger partial charge in [0.2, 0.25) is 0 Å². The average molecular weight is 316 g/mol. The van der Waals surface area contributed by atoms with Gasteiger partial charge in [-0.3, -0.25) is 9.36 Å². The highest BCUT2D eigenvalue weighted by Crippen LogP contribution is 2.11. The molecule has 0 bridgehead atoms. The number of imidazole rings is 1. The van der Waals surface area contributed by atoms with Crippen LogP contribution in [0, 0.1) is 0 Å². The second-order valence-corrected chi connectivity index (χ2v) is 5.84. The van der Waals surface area contributed by atoms with Crippen LogP contribution in [0.15, 0.2) is 29.6 Å². The van der Waals surface area contributed by atoms with Gasteiger partial charge >= 0.3 is 6.03 Å². The van der Waals surface area contributed by atoms with E-state index in [0.717, 1.165) is 6.42 Å². The lowest BCUT2D eigenvalue weighted by atomic mass is 10.3. The predicted octanol–water partition coefficient (Wildman–Crippen LogP) is 0.375. The van der Waals surface area contributed by atoms with Gasteiger partial charge in [0.05, 0.1) is 25.1 Å². The molecule has 0 spiro atoms. The number of rotatable bonds is 2. The molecule has 0 aromatic carbocycles. The van der Waals surface area contributed by atoms with Crippen LogP contribution >= 0.6 is 0 Å². The number of fused-ring (bicyclic) bond motifs is 1. The van der Waals surface area contributed by atoms with Gasteiger partial charge in [0, 0.05) is 45.6 Å². The van der Waals surface area contributed by atoms with E-state index in [2.05, 4.69) is 9.97 Å². The Morgan fingerprint density at radius 1 is 1.35 bits per heavy atom. The molecule has 8 heteroatoms. The zero-order valence-electron chi connectivity index (χ0n) is 13.3. The smallest absolute Gasteiger partial charge is 0.319 e. The molecule has 122 valence electrons. The van der Waals surface area contributed by atoms with E-state index in [4.69, 9.17) is 0 Å². The molecule has 0 N–H and O–H groups in total. The molecule has 8 nitrogen and oxygen atoms in total. The van der Waals surface area contributed by atoms with Gasteiger partial charge in [0.15, 0.2) is 0 Å². The van der Waals surface area contributed by atoms with E-state index >= 15 is 0 Å². The third-order valence-electron chi connectivity index (χ3n) is 3.84. The molecule has 0 radical (unpaired) electrons. The Kier molecular flexibility index (Phi) is 4.14. The Morgan fingerprint density at radius 3 is 2.87 bits per heavy atom.